The van der Waals surface area contributed by atoms with Crippen LogP contribution in [0, 0.1) is 0 Å². The molecule has 0 radical (unpaired) electrons. The fraction of sp³-hybridized carbons (Fsp3) is 0.174. The van der Waals surface area contributed by atoms with Crippen molar-refractivity contribution in [2.24, 2.45) is 0 Å². The summed E-state index contributed by atoms with van der Waals surface area (Å²) in [5.41, 5.74) is 2.24. The van der Waals surface area contributed by atoms with Crippen LogP contribution >= 0.6 is 11.3 Å². The summed E-state index contributed by atoms with van der Waals surface area (Å²) in [6.07, 6.45) is 2.86. The second-order valence-corrected chi connectivity index (χ2v) is 7.31. The number of nitrogens with zero attached hydrogens (tertiary/aromatic N) is 1. The van der Waals surface area contributed by atoms with Crippen molar-refractivity contribution in [3.63, 3.8) is 0 Å². The van der Waals surface area contributed by atoms with E-state index in [0.29, 0.717) is 35.5 Å². The number of carbonyl (C=O) groups excluding carboxylic acids is 1. The summed E-state index contributed by atoms with van der Waals surface area (Å²) in [5, 5.41) is 13.4. The van der Waals surface area contributed by atoms with Gasteiger partial charge in [0.2, 0.25) is 5.91 Å². The molecule has 3 rings (SSSR count). The van der Waals surface area contributed by atoms with Crippen LogP contribution in [0.3, 0.4) is 0 Å². The summed E-state index contributed by atoms with van der Waals surface area (Å²) in [6.45, 7) is 2.80. The molecule has 0 aliphatic rings. The third-order valence-electron chi connectivity index (χ3n) is 4.05. The van der Waals surface area contributed by atoms with Gasteiger partial charge in [-0.3, -0.25) is 14.9 Å². The number of thiazole rings is 1. The lowest BCUT2D eigenvalue weighted by Gasteiger charge is -2.12. The number of hydrogen-bond donors (Lipinski definition) is 2. The highest BCUT2D eigenvalue weighted by molar-refractivity contribution is 7.14. The van der Waals surface area contributed by atoms with Crippen molar-refractivity contribution in [1.82, 2.24) is 4.98 Å². The van der Waals surface area contributed by atoms with E-state index in [9.17, 15) is 9.59 Å². The van der Waals surface area contributed by atoms with Gasteiger partial charge in [0.05, 0.1) is 18.7 Å². The number of nitrogens with one attached hydrogen (secondary N) is 1. The second-order valence-electron chi connectivity index (χ2n) is 6.45. The van der Waals surface area contributed by atoms with E-state index < -0.39 is 5.97 Å². The zero-order valence-corrected chi connectivity index (χ0v) is 17.7. The maximum Gasteiger partial charge on any atom is 0.309 e. The lowest BCUT2D eigenvalue weighted by molar-refractivity contribution is -0.136. The van der Waals surface area contributed by atoms with Crippen molar-refractivity contribution in [3.8, 4) is 11.5 Å². The molecule has 0 bridgehead atoms. The molecule has 1 amide bonds. The highest BCUT2D eigenvalue weighted by Gasteiger charge is 2.09. The molecule has 0 unspecified atom stereocenters. The standard InChI is InChI=1S/C23H22N2O5S/c1-2-29-20-12-16(8-10-19(20)30-14-17-6-4-3-5-7-17)9-11-21(26)25-23-24-18(15-31-23)13-22(27)28/h3-12,15H,2,13-14H2,1H3,(H,27,28)(H,24,25,26)/b11-9+. The second kappa shape index (κ2) is 10.9. The highest BCUT2D eigenvalue weighted by Crippen LogP contribution is 2.30. The molecule has 160 valence electrons. The number of carbonyl (C=O) groups is 2. The van der Waals surface area contributed by atoms with Crippen molar-refractivity contribution >= 4 is 34.4 Å². The molecule has 0 aliphatic heterocycles. The molecule has 3 aromatic rings. The normalized spacial score (nSPS) is 10.7. The Labute approximate surface area is 184 Å². The Balaban J connectivity index is 1.62. The summed E-state index contributed by atoms with van der Waals surface area (Å²) in [6, 6.07) is 15.3. The van der Waals surface area contributed by atoms with Crippen molar-refractivity contribution in [3.05, 3.63) is 76.8 Å². The summed E-state index contributed by atoms with van der Waals surface area (Å²) in [5.74, 6) is -0.108. The fourth-order valence-electron chi connectivity index (χ4n) is 2.67. The van der Waals surface area contributed by atoms with E-state index in [-0.39, 0.29) is 12.3 Å². The maximum atomic E-state index is 12.2. The molecule has 0 spiro atoms. The van der Waals surface area contributed by atoms with E-state index in [2.05, 4.69) is 10.3 Å². The van der Waals surface area contributed by atoms with Crippen molar-refractivity contribution in [1.29, 1.82) is 0 Å². The van der Waals surface area contributed by atoms with Gasteiger partial charge in [-0.1, -0.05) is 36.4 Å². The molecule has 0 fully saturated rings. The molecule has 1 heterocycles. The molecule has 8 heteroatoms. The van der Waals surface area contributed by atoms with E-state index in [1.54, 1.807) is 11.5 Å². The Hall–Kier alpha value is -3.65. The van der Waals surface area contributed by atoms with Gasteiger partial charge in [-0.15, -0.1) is 11.3 Å². The third kappa shape index (κ3) is 6.97. The Morgan fingerprint density at radius 3 is 2.68 bits per heavy atom. The van der Waals surface area contributed by atoms with Crippen LogP contribution in [-0.4, -0.2) is 28.6 Å². The van der Waals surface area contributed by atoms with Crippen LogP contribution in [0.15, 0.2) is 60.0 Å². The van der Waals surface area contributed by atoms with Gasteiger partial charge in [-0.05, 0) is 36.3 Å². The molecule has 0 aliphatic carbocycles. The number of carboxylic acids is 1. The Bertz CT molecular complexity index is 1060. The molecule has 0 atom stereocenters. The summed E-state index contributed by atoms with van der Waals surface area (Å²) < 4.78 is 11.6. The number of amides is 1. The monoisotopic (exact) mass is 438 g/mol. The number of ether oxygens (including phenoxy) is 2. The van der Waals surface area contributed by atoms with Crippen molar-refractivity contribution in [2.45, 2.75) is 20.0 Å². The van der Waals surface area contributed by atoms with Gasteiger partial charge in [-0.25, -0.2) is 4.98 Å². The van der Waals surface area contributed by atoms with Crippen LogP contribution in [0.2, 0.25) is 0 Å². The highest BCUT2D eigenvalue weighted by atomic mass is 32.1. The van der Waals surface area contributed by atoms with Gasteiger partial charge in [0.25, 0.3) is 0 Å². The predicted octanol–water partition coefficient (Wildman–Crippen LogP) is 4.40. The van der Waals surface area contributed by atoms with Gasteiger partial charge in [0, 0.05) is 11.5 Å². The number of anilines is 1. The first-order chi connectivity index (χ1) is 15.0. The minimum atomic E-state index is -0.968. The Morgan fingerprint density at radius 1 is 1.13 bits per heavy atom. The zero-order valence-electron chi connectivity index (χ0n) is 16.9. The first kappa shape index (κ1) is 22.0. The SMILES string of the molecule is CCOc1cc(/C=C/C(=O)Nc2nc(CC(=O)O)cs2)ccc1OCc1ccccc1. The number of aliphatic carboxylic acids is 1. The molecule has 2 N–H and O–H groups in total. The quantitative estimate of drug-likeness (QED) is 0.455. The van der Waals surface area contributed by atoms with E-state index in [4.69, 9.17) is 14.6 Å². The molecule has 31 heavy (non-hydrogen) atoms. The molecule has 0 saturated carbocycles. The van der Waals surface area contributed by atoms with Crippen LogP contribution in [0.1, 0.15) is 23.7 Å². The minimum Gasteiger partial charge on any atom is -0.490 e. The Kier molecular flexibility index (Phi) is 7.78. The average molecular weight is 439 g/mol. The number of carboxylic acid groups (broad SMARTS) is 1. The molecular weight excluding hydrogens is 416 g/mol. The van der Waals surface area contributed by atoms with Crippen LogP contribution in [-0.2, 0) is 22.6 Å². The van der Waals surface area contributed by atoms with Gasteiger partial charge >= 0.3 is 5.97 Å². The zero-order chi connectivity index (χ0) is 22.1. The average Bonchev–Trinajstić information content (AvgIpc) is 3.18. The van der Waals surface area contributed by atoms with Crippen LogP contribution < -0.4 is 14.8 Å². The third-order valence-corrected chi connectivity index (χ3v) is 4.85. The van der Waals surface area contributed by atoms with Crippen LogP contribution in [0.4, 0.5) is 5.13 Å². The van der Waals surface area contributed by atoms with E-state index >= 15 is 0 Å². The number of benzene rings is 2. The van der Waals surface area contributed by atoms with E-state index in [1.165, 1.54) is 17.4 Å². The van der Waals surface area contributed by atoms with Crippen molar-refractivity contribution < 1.29 is 24.2 Å². The van der Waals surface area contributed by atoms with Gasteiger partial charge < -0.3 is 14.6 Å². The maximum absolute atomic E-state index is 12.2. The minimum absolute atomic E-state index is 0.179. The number of rotatable bonds is 10. The summed E-state index contributed by atoms with van der Waals surface area (Å²) >= 11 is 1.18. The van der Waals surface area contributed by atoms with Gasteiger partial charge in [0.15, 0.2) is 16.6 Å². The largest absolute Gasteiger partial charge is 0.490 e. The first-order valence-electron chi connectivity index (χ1n) is 9.62. The van der Waals surface area contributed by atoms with E-state index in [1.807, 2.05) is 55.5 Å². The smallest absolute Gasteiger partial charge is 0.309 e. The van der Waals surface area contributed by atoms with Gasteiger partial charge in [0.1, 0.15) is 6.61 Å². The van der Waals surface area contributed by atoms with Crippen molar-refractivity contribution in [2.75, 3.05) is 11.9 Å². The predicted molar refractivity (Wildman–Crippen MR) is 120 cm³/mol. The lowest BCUT2D eigenvalue weighted by atomic mass is 10.2. The molecule has 7 nitrogen and oxygen atoms in total. The van der Waals surface area contributed by atoms with Crippen LogP contribution in [0.25, 0.3) is 6.08 Å². The summed E-state index contributed by atoms with van der Waals surface area (Å²) in [7, 11) is 0. The lowest BCUT2D eigenvalue weighted by Crippen LogP contribution is -2.08. The Morgan fingerprint density at radius 2 is 1.94 bits per heavy atom. The van der Waals surface area contributed by atoms with Crippen LogP contribution in [0.5, 0.6) is 11.5 Å². The van der Waals surface area contributed by atoms with Gasteiger partial charge in [-0.2, -0.15) is 0 Å². The molecular formula is C23H22N2O5S. The molecule has 2 aromatic carbocycles. The topological polar surface area (TPSA) is 97.8 Å². The molecule has 0 saturated heterocycles. The molecule has 1 aromatic heterocycles. The summed E-state index contributed by atoms with van der Waals surface area (Å²) in [4.78, 5) is 26.9. The fourth-order valence-corrected chi connectivity index (χ4v) is 3.38. The first-order valence-corrected chi connectivity index (χ1v) is 10.5. The number of aromatic nitrogens is 1. The number of hydrogen-bond acceptors (Lipinski definition) is 6. The van der Waals surface area contributed by atoms with E-state index in [0.717, 1.165) is 11.1 Å².